The summed E-state index contributed by atoms with van der Waals surface area (Å²) in [5.74, 6) is -0.515. The number of rotatable bonds is 6. The van der Waals surface area contributed by atoms with Crippen molar-refractivity contribution in [3.8, 4) is 5.88 Å². The van der Waals surface area contributed by atoms with Gasteiger partial charge in [-0.25, -0.2) is 9.79 Å². The van der Waals surface area contributed by atoms with Crippen LogP contribution in [0.4, 0.5) is 5.69 Å². The van der Waals surface area contributed by atoms with Crippen molar-refractivity contribution in [3.05, 3.63) is 95.7 Å². The largest absolute Gasteiger partial charge is 0.494 e. The van der Waals surface area contributed by atoms with E-state index in [0.717, 1.165) is 42.4 Å². The van der Waals surface area contributed by atoms with Crippen LogP contribution in [-0.4, -0.2) is 62.0 Å². The molecule has 8 heteroatoms. The number of piperidine rings is 1. The minimum Gasteiger partial charge on any atom is -0.494 e. The minimum atomic E-state index is -1.03. The maximum atomic E-state index is 13.2. The topological polar surface area (TPSA) is 100 Å². The van der Waals surface area contributed by atoms with Crippen LogP contribution >= 0.6 is 0 Å². The summed E-state index contributed by atoms with van der Waals surface area (Å²) in [5, 5.41) is 22.3. The number of aromatic nitrogens is 2. The first-order valence-electron chi connectivity index (χ1n) is 13.8. The Hall–Kier alpha value is -4.69. The minimum absolute atomic E-state index is 0.00289. The predicted octanol–water partition coefficient (Wildman–Crippen LogP) is 6.08. The Kier molecular flexibility index (Phi) is 6.93. The zero-order chi connectivity index (χ0) is 28.7. The molecule has 0 bridgehead atoms. The number of carboxylic acids is 1. The van der Waals surface area contributed by atoms with Crippen LogP contribution in [-0.2, 0) is 7.05 Å². The lowest BCUT2D eigenvalue weighted by atomic mass is 9.93. The Labute approximate surface area is 237 Å². The average molecular weight is 549 g/mol. The molecule has 3 heterocycles. The van der Waals surface area contributed by atoms with Crippen LogP contribution in [0.1, 0.15) is 45.5 Å². The van der Waals surface area contributed by atoms with Crippen molar-refractivity contribution in [2.75, 3.05) is 20.1 Å². The van der Waals surface area contributed by atoms with Gasteiger partial charge in [0.15, 0.2) is 0 Å². The van der Waals surface area contributed by atoms with Gasteiger partial charge in [0.25, 0.3) is 0 Å². The monoisotopic (exact) mass is 548 g/mol. The van der Waals surface area contributed by atoms with Crippen molar-refractivity contribution in [1.82, 2.24) is 14.0 Å². The van der Waals surface area contributed by atoms with E-state index in [4.69, 9.17) is 4.99 Å². The van der Waals surface area contributed by atoms with Gasteiger partial charge in [-0.3, -0.25) is 9.36 Å². The van der Waals surface area contributed by atoms with E-state index in [1.807, 2.05) is 60.8 Å². The van der Waals surface area contributed by atoms with Crippen LogP contribution in [0.25, 0.3) is 21.8 Å². The molecule has 41 heavy (non-hydrogen) atoms. The fraction of sp³-hybridized carbons (Fsp3) is 0.242. The molecule has 0 atom stereocenters. The molecule has 0 spiro atoms. The molecule has 5 aromatic rings. The van der Waals surface area contributed by atoms with E-state index < -0.39 is 5.97 Å². The summed E-state index contributed by atoms with van der Waals surface area (Å²) in [4.78, 5) is 32.1. The molecule has 1 aliphatic heterocycles. The Morgan fingerprint density at radius 1 is 0.902 bits per heavy atom. The summed E-state index contributed by atoms with van der Waals surface area (Å²) in [5.41, 5.74) is 4.15. The molecule has 8 nitrogen and oxygen atoms in total. The lowest BCUT2D eigenvalue weighted by Crippen LogP contribution is -2.31. The van der Waals surface area contributed by atoms with Gasteiger partial charge in [0.2, 0.25) is 11.8 Å². The zero-order valence-electron chi connectivity index (χ0n) is 23.1. The van der Waals surface area contributed by atoms with Gasteiger partial charge in [-0.15, -0.1) is 0 Å². The number of aliphatic imine (C=N–C) groups is 1. The standard InChI is InChI=1S/C33H32N4O4/c1-35-15-12-21(13-16-35)18-29(38)37-17-14-23-19-25(9-11-27(23)37)34-31(22-6-4-3-5-7-22)30-26-10-8-24(33(40)41)20-28(26)36(2)32(30)39/h3-11,14,17,19-21,39H,12-13,15-16,18H2,1-2H3,(H,40,41). The lowest BCUT2D eigenvalue weighted by Gasteiger charge is -2.28. The van der Waals surface area contributed by atoms with Gasteiger partial charge < -0.3 is 19.7 Å². The number of nitrogens with zero attached hydrogens (tertiary/aromatic N) is 4. The summed E-state index contributed by atoms with van der Waals surface area (Å²) in [6.45, 7) is 2.06. The molecule has 2 N–H and O–H groups in total. The second-order valence-electron chi connectivity index (χ2n) is 10.9. The van der Waals surface area contributed by atoms with Crippen molar-refractivity contribution in [2.24, 2.45) is 18.0 Å². The molecular formula is C33H32N4O4. The number of carboxylic acid groups (broad SMARTS) is 1. The number of hydrogen-bond acceptors (Lipinski definition) is 5. The molecule has 2 aromatic heterocycles. The van der Waals surface area contributed by atoms with E-state index >= 15 is 0 Å². The number of aryl methyl sites for hydroxylation is 1. The highest BCUT2D eigenvalue weighted by Crippen LogP contribution is 2.35. The summed E-state index contributed by atoms with van der Waals surface area (Å²) < 4.78 is 3.32. The SMILES string of the molecule is CN1CCC(CC(=O)n2ccc3cc(N=C(c4ccccc4)c4c(O)n(C)c5cc(C(=O)O)ccc45)ccc32)CC1. The average Bonchev–Trinajstić information content (AvgIpc) is 3.51. The molecule has 0 unspecified atom stereocenters. The highest BCUT2D eigenvalue weighted by atomic mass is 16.4. The van der Waals surface area contributed by atoms with Gasteiger partial charge in [0.1, 0.15) is 0 Å². The van der Waals surface area contributed by atoms with Crippen molar-refractivity contribution in [2.45, 2.75) is 19.3 Å². The van der Waals surface area contributed by atoms with Crippen molar-refractivity contribution >= 4 is 45.1 Å². The number of likely N-dealkylation sites (tertiary alicyclic amines) is 1. The van der Waals surface area contributed by atoms with Gasteiger partial charge in [-0.2, -0.15) is 0 Å². The number of fused-ring (bicyclic) bond motifs is 2. The maximum absolute atomic E-state index is 13.2. The van der Waals surface area contributed by atoms with Gasteiger partial charge in [0, 0.05) is 36.0 Å². The second kappa shape index (κ2) is 10.7. The first kappa shape index (κ1) is 26.5. The van der Waals surface area contributed by atoms with Crippen LogP contribution < -0.4 is 0 Å². The highest BCUT2D eigenvalue weighted by molar-refractivity contribution is 6.22. The van der Waals surface area contributed by atoms with Crippen LogP contribution in [0.3, 0.4) is 0 Å². The van der Waals surface area contributed by atoms with E-state index in [2.05, 4.69) is 11.9 Å². The van der Waals surface area contributed by atoms with E-state index in [0.29, 0.717) is 40.2 Å². The Bertz CT molecular complexity index is 1810. The molecule has 6 rings (SSSR count). The fourth-order valence-corrected chi connectivity index (χ4v) is 5.81. The van der Waals surface area contributed by atoms with Gasteiger partial charge in [0.05, 0.1) is 33.6 Å². The molecule has 3 aromatic carbocycles. The summed E-state index contributed by atoms with van der Waals surface area (Å²) in [6, 6.07) is 22.1. The second-order valence-corrected chi connectivity index (χ2v) is 10.9. The number of benzene rings is 3. The molecule has 1 saturated heterocycles. The van der Waals surface area contributed by atoms with Gasteiger partial charge in [-0.1, -0.05) is 36.4 Å². The van der Waals surface area contributed by atoms with Crippen molar-refractivity contribution in [3.63, 3.8) is 0 Å². The quantitative estimate of drug-likeness (QED) is 0.251. The van der Waals surface area contributed by atoms with Gasteiger partial charge >= 0.3 is 5.97 Å². The smallest absolute Gasteiger partial charge is 0.335 e. The summed E-state index contributed by atoms with van der Waals surface area (Å²) in [7, 11) is 3.82. The molecule has 0 aliphatic carbocycles. The third-order valence-corrected chi connectivity index (χ3v) is 8.19. The number of carbonyl (C=O) groups excluding carboxylic acids is 1. The highest BCUT2D eigenvalue weighted by Gasteiger charge is 2.23. The predicted molar refractivity (Wildman–Crippen MR) is 161 cm³/mol. The van der Waals surface area contributed by atoms with E-state index in [-0.39, 0.29) is 17.4 Å². The van der Waals surface area contributed by atoms with Crippen LogP contribution in [0.5, 0.6) is 5.88 Å². The Morgan fingerprint density at radius 2 is 1.66 bits per heavy atom. The van der Waals surface area contributed by atoms with E-state index in [1.54, 1.807) is 28.3 Å². The third kappa shape index (κ3) is 5.02. The summed E-state index contributed by atoms with van der Waals surface area (Å²) in [6.07, 6.45) is 4.46. The normalized spacial score (nSPS) is 15.1. The van der Waals surface area contributed by atoms with E-state index in [1.165, 1.54) is 6.07 Å². The van der Waals surface area contributed by atoms with Crippen LogP contribution in [0.15, 0.2) is 84.0 Å². The molecule has 1 aliphatic rings. The number of hydrogen-bond donors (Lipinski definition) is 2. The fourth-order valence-electron chi connectivity index (χ4n) is 5.81. The van der Waals surface area contributed by atoms with Crippen LogP contribution in [0.2, 0.25) is 0 Å². The maximum Gasteiger partial charge on any atom is 0.335 e. The van der Waals surface area contributed by atoms with E-state index in [9.17, 15) is 19.8 Å². The molecule has 208 valence electrons. The van der Waals surface area contributed by atoms with Gasteiger partial charge in [-0.05, 0) is 75.3 Å². The molecule has 0 radical (unpaired) electrons. The van der Waals surface area contributed by atoms with Crippen molar-refractivity contribution in [1.29, 1.82) is 0 Å². The number of aromatic hydroxyl groups is 1. The molecular weight excluding hydrogens is 516 g/mol. The third-order valence-electron chi connectivity index (χ3n) is 8.19. The molecule has 0 saturated carbocycles. The first-order valence-corrected chi connectivity index (χ1v) is 13.8. The summed E-state index contributed by atoms with van der Waals surface area (Å²) >= 11 is 0. The molecule has 1 fully saturated rings. The first-order chi connectivity index (χ1) is 19.8. The van der Waals surface area contributed by atoms with Crippen molar-refractivity contribution < 1.29 is 19.8 Å². The van der Waals surface area contributed by atoms with Crippen LogP contribution in [0, 0.1) is 5.92 Å². The molecule has 0 amide bonds. The number of carbonyl (C=O) groups is 2. The Balaban J connectivity index is 1.40. The lowest BCUT2D eigenvalue weighted by molar-refractivity contribution is 0.0696. The zero-order valence-corrected chi connectivity index (χ0v) is 23.1. The Morgan fingerprint density at radius 3 is 2.39 bits per heavy atom. The number of aromatic carboxylic acids is 1.